The smallest absolute Gasteiger partial charge is 0.171 e. The van der Waals surface area contributed by atoms with Crippen molar-refractivity contribution in [3.05, 3.63) is 0 Å². The summed E-state index contributed by atoms with van der Waals surface area (Å²) in [5.74, 6) is 0.204. The van der Waals surface area contributed by atoms with Crippen molar-refractivity contribution in [2.75, 3.05) is 24.7 Å². The van der Waals surface area contributed by atoms with Gasteiger partial charge < -0.3 is 9.47 Å². The van der Waals surface area contributed by atoms with Gasteiger partial charge in [-0.25, -0.2) is 8.42 Å². The second-order valence-corrected chi connectivity index (χ2v) is 5.89. The molecular formula is C11H24O4S. The van der Waals surface area contributed by atoms with Crippen LogP contribution in [0.3, 0.4) is 0 Å². The molecule has 0 aliphatic heterocycles. The molecule has 0 amide bonds. The zero-order valence-corrected chi connectivity index (χ0v) is 11.4. The van der Waals surface area contributed by atoms with Crippen LogP contribution >= 0.6 is 0 Å². The van der Waals surface area contributed by atoms with E-state index in [1.165, 1.54) is 0 Å². The molecule has 0 N–H and O–H groups in total. The Labute approximate surface area is 99.2 Å². The number of hydrogen-bond acceptors (Lipinski definition) is 4. The molecule has 0 aliphatic rings. The lowest BCUT2D eigenvalue weighted by Crippen LogP contribution is -2.28. The average Bonchev–Trinajstić information content (AvgIpc) is 2.18. The highest BCUT2D eigenvalue weighted by Crippen LogP contribution is 2.05. The van der Waals surface area contributed by atoms with E-state index in [9.17, 15) is 8.42 Å². The number of sulfone groups is 1. The van der Waals surface area contributed by atoms with E-state index in [0.29, 0.717) is 13.2 Å². The SMILES string of the molecule is CCCCCS(=O)(=O)CC(OCC)OCC. The zero-order valence-electron chi connectivity index (χ0n) is 10.6. The monoisotopic (exact) mass is 252 g/mol. The second kappa shape index (κ2) is 8.96. The van der Waals surface area contributed by atoms with E-state index < -0.39 is 16.1 Å². The van der Waals surface area contributed by atoms with Gasteiger partial charge in [-0.2, -0.15) is 0 Å². The first-order chi connectivity index (χ1) is 7.55. The number of unbranched alkanes of at least 4 members (excludes halogenated alkanes) is 2. The molecule has 0 saturated carbocycles. The zero-order chi connectivity index (χ0) is 12.4. The number of ether oxygens (including phenoxy) is 2. The van der Waals surface area contributed by atoms with E-state index in [2.05, 4.69) is 6.92 Å². The third kappa shape index (κ3) is 8.07. The van der Waals surface area contributed by atoms with Crippen molar-refractivity contribution in [3.8, 4) is 0 Å². The molecule has 0 radical (unpaired) electrons. The van der Waals surface area contributed by atoms with Crippen LogP contribution in [0, 0.1) is 0 Å². The van der Waals surface area contributed by atoms with E-state index in [-0.39, 0.29) is 11.5 Å². The van der Waals surface area contributed by atoms with Crippen LogP contribution in [0.1, 0.15) is 40.0 Å². The van der Waals surface area contributed by atoms with Crippen molar-refractivity contribution in [3.63, 3.8) is 0 Å². The molecule has 0 bridgehead atoms. The van der Waals surface area contributed by atoms with Gasteiger partial charge in [-0.3, -0.25) is 0 Å². The van der Waals surface area contributed by atoms with Crippen molar-refractivity contribution in [1.29, 1.82) is 0 Å². The molecule has 0 fully saturated rings. The molecule has 4 nitrogen and oxygen atoms in total. The quantitative estimate of drug-likeness (QED) is 0.441. The molecule has 0 unspecified atom stereocenters. The lowest BCUT2D eigenvalue weighted by molar-refractivity contribution is -0.120. The Bertz CT molecular complexity index is 243. The third-order valence-corrected chi connectivity index (χ3v) is 3.84. The van der Waals surface area contributed by atoms with Gasteiger partial charge in [0, 0.05) is 13.2 Å². The van der Waals surface area contributed by atoms with Gasteiger partial charge in [-0.1, -0.05) is 19.8 Å². The van der Waals surface area contributed by atoms with Crippen LogP contribution in [0.4, 0.5) is 0 Å². The maximum Gasteiger partial charge on any atom is 0.171 e. The van der Waals surface area contributed by atoms with Gasteiger partial charge in [0.1, 0.15) is 5.75 Å². The Morgan fingerprint density at radius 2 is 1.56 bits per heavy atom. The van der Waals surface area contributed by atoms with E-state index in [4.69, 9.17) is 9.47 Å². The summed E-state index contributed by atoms with van der Waals surface area (Å²) in [6, 6.07) is 0. The Hall–Kier alpha value is -0.130. The maximum absolute atomic E-state index is 11.7. The maximum atomic E-state index is 11.7. The van der Waals surface area contributed by atoms with Crippen molar-refractivity contribution < 1.29 is 17.9 Å². The highest BCUT2D eigenvalue weighted by atomic mass is 32.2. The lowest BCUT2D eigenvalue weighted by atomic mass is 10.3. The Kier molecular flexibility index (Phi) is 8.89. The highest BCUT2D eigenvalue weighted by Gasteiger charge is 2.19. The van der Waals surface area contributed by atoms with Crippen molar-refractivity contribution in [2.24, 2.45) is 0 Å². The molecule has 0 aromatic carbocycles. The van der Waals surface area contributed by atoms with Gasteiger partial charge >= 0.3 is 0 Å². The molecule has 16 heavy (non-hydrogen) atoms. The van der Waals surface area contributed by atoms with Gasteiger partial charge in [-0.15, -0.1) is 0 Å². The predicted molar refractivity (Wildman–Crippen MR) is 65.2 cm³/mol. The predicted octanol–water partition coefficient (Wildman–Crippen LogP) is 1.99. The molecule has 5 heteroatoms. The van der Waals surface area contributed by atoms with Gasteiger partial charge in [0.2, 0.25) is 0 Å². The number of hydrogen-bond donors (Lipinski definition) is 0. The Balaban J connectivity index is 4.08. The molecule has 0 spiro atoms. The lowest BCUT2D eigenvalue weighted by Gasteiger charge is -2.16. The summed E-state index contributed by atoms with van der Waals surface area (Å²) in [4.78, 5) is 0. The molecule has 0 aliphatic carbocycles. The van der Waals surface area contributed by atoms with E-state index in [1.807, 2.05) is 13.8 Å². The molecular weight excluding hydrogens is 228 g/mol. The van der Waals surface area contributed by atoms with Gasteiger partial charge in [0.05, 0.1) is 5.75 Å². The standard InChI is InChI=1S/C11H24O4S/c1-4-7-8-9-16(12,13)10-11(14-5-2)15-6-3/h11H,4-10H2,1-3H3. The van der Waals surface area contributed by atoms with Gasteiger partial charge in [0.25, 0.3) is 0 Å². The fraction of sp³-hybridized carbons (Fsp3) is 1.00. The molecule has 98 valence electrons. The molecule has 0 saturated heterocycles. The largest absolute Gasteiger partial charge is 0.352 e. The van der Waals surface area contributed by atoms with Crippen molar-refractivity contribution in [2.45, 2.75) is 46.3 Å². The van der Waals surface area contributed by atoms with Crippen LogP contribution in [0.5, 0.6) is 0 Å². The normalized spacial score (nSPS) is 12.2. The van der Waals surface area contributed by atoms with E-state index in [1.54, 1.807) is 0 Å². The second-order valence-electron chi connectivity index (χ2n) is 3.66. The Morgan fingerprint density at radius 1 is 1.00 bits per heavy atom. The van der Waals surface area contributed by atoms with Crippen molar-refractivity contribution in [1.82, 2.24) is 0 Å². The Morgan fingerprint density at radius 3 is 2.00 bits per heavy atom. The third-order valence-electron chi connectivity index (χ3n) is 2.15. The summed E-state index contributed by atoms with van der Waals surface area (Å²) >= 11 is 0. The summed E-state index contributed by atoms with van der Waals surface area (Å²) in [5, 5.41) is 0. The van der Waals surface area contributed by atoms with Crippen molar-refractivity contribution >= 4 is 9.84 Å². The van der Waals surface area contributed by atoms with Crippen LogP contribution in [-0.4, -0.2) is 39.4 Å². The van der Waals surface area contributed by atoms with Crippen LogP contribution in [-0.2, 0) is 19.3 Å². The summed E-state index contributed by atoms with van der Waals surface area (Å²) in [7, 11) is -3.05. The van der Waals surface area contributed by atoms with Crippen LogP contribution in [0.25, 0.3) is 0 Å². The first-order valence-corrected chi connectivity index (χ1v) is 7.81. The van der Waals surface area contributed by atoms with Crippen LogP contribution in [0.2, 0.25) is 0 Å². The van der Waals surface area contributed by atoms with E-state index >= 15 is 0 Å². The topological polar surface area (TPSA) is 52.6 Å². The first-order valence-electron chi connectivity index (χ1n) is 5.99. The molecule has 0 atom stereocenters. The summed E-state index contributed by atoms with van der Waals surface area (Å²) in [5.41, 5.74) is 0. The molecule has 0 aromatic heterocycles. The van der Waals surface area contributed by atoms with Crippen LogP contribution < -0.4 is 0 Å². The average molecular weight is 252 g/mol. The molecule has 0 heterocycles. The fourth-order valence-corrected chi connectivity index (χ4v) is 2.80. The van der Waals surface area contributed by atoms with Gasteiger partial charge in [-0.05, 0) is 20.3 Å². The molecule has 0 aromatic rings. The van der Waals surface area contributed by atoms with E-state index in [0.717, 1.165) is 19.3 Å². The van der Waals surface area contributed by atoms with Gasteiger partial charge in [0.15, 0.2) is 16.1 Å². The number of rotatable bonds is 10. The highest BCUT2D eigenvalue weighted by molar-refractivity contribution is 7.91. The summed E-state index contributed by atoms with van der Waals surface area (Å²) < 4.78 is 33.9. The minimum absolute atomic E-state index is 0.0294. The molecule has 0 rings (SSSR count). The summed E-state index contributed by atoms with van der Waals surface area (Å²) in [6.45, 7) is 6.64. The minimum atomic E-state index is -3.05. The first kappa shape index (κ1) is 15.9. The fourth-order valence-electron chi connectivity index (χ4n) is 1.38. The van der Waals surface area contributed by atoms with Crippen LogP contribution in [0.15, 0.2) is 0 Å². The minimum Gasteiger partial charge on any atom is -0.352 e. The summed E-state index contributed by atoms with van der Waals surface area (Å²) in [6.07, 6.45) is 2.09.